The Morgan fingerprint density at radius 2 is 1.32 bits per heavy atom. The highest BCUT2D eigenvalue weighted by atomic mass is 16.4. The number of phenols is 1. The Bertz CT molecular complexity index is 900. The summed E-state index contributed by atoms with van der Waals surface area (Å²) in [4.78, 5) is 11.3. The van der Waals surface area contributed by atoms with Crippen molar-refractivity contribution in [3.8, 4) is 5.75 Å². The number of phenolic OH excluding ortho intramolecular Hbond substituents is 1. The van der Waals surface area contributed by atoms with Crippen LogP contribution in [0.25, 0.3) is 11.1 Å². The van der Waals surface area contributed by atoms with Crippen molar-refractivity contribution in [2.75, 3.05) is 0 Å². The molecule has 0 amide bonds. The highest BCUT2D eigenvalue weighted by molar-refractivity contribution is 5.91. The molecule has 0 bridgehead atoms. The van der Waals surface area contributed by atoms with Gasteiger partial charge in [0.2, 0.25) is 0 Å². The minimum Gasteiger partial charge on any atom is -0.508 e. The maximum Gasteiger partial charge on any atom is 0.328 e. The summed E-state index contributed by atoms with van der Waals surface area (Å²) in [5, 5.41) is 18.9. The molecule has 3 nitrogen and oxygen atoms in total. The number of allylic oxidation sites excluding steroid dienone is 2. The number of benzene rings is 2. The van der Waals surface area contributed by atoms with Gasteiger partial charge in [0.25, 0.3) is 0 Å². The predicted octanol–water partition coefficient (Wildman–Crippen LogP) is 6.28. The summed E-state index contributed by atoms with van der Waals surface area (Å²) in [7, 11) is 0. The molecule has 0 heterocycles. The number of rotatable bonds is 4. The summed E-state index contributed by atoms with van der Waals surface area (Å²) in [6.07, 6.45) is 5.94. The second-order valence-corrected chi connectivity index (χ2v) is 8.46. The van der Waals surface area contributed by atoms with Crippen LogP contribution in [-0.4, -0.2) is 16.2 Å². The van der Waals surface area contributed by atoms with Crippen LogP contribution >= 0.6 is 0 Å². The number of hydrogen-bond acceptors (Lipinski definition) is 2. The lowest BCUT2D eigenvalue weighted by atomic mass is 9.81. The second-order valence-electron chi connectivity index (χ2n) is 8.46. The Morgan fingerprint density at radius 1 is 0.857 bits per heavy atom. The van der Waals surface area contributed by atoms with Gasteiger partial charge >= 0.3 is 5.97 Å². The van der Waals surface area contributed by atoms with Crippen molar-refractivity contribution in [1.29, 1.82) is 0 Å². The molecule has 1 aliphatic rings. The lowest BCUT2D eigenvalue weighted by Crippen LogP contribution is -2.10. The van der Waals surface area contributed by atoms with E-state index in [4.69, 9.17) is 0 Å². The van der Waals surface area contributed by atoms with Gasteiger partial charge in [0.1, 0.15) is 5.75 Å². The molecule has 3 heteroatoms. The topological polar surface area (TPSA) is 57.5 Å². The first-order valence-electron chi connectivity index (χ1n) is 9.83. The third-order valence-electron chi connectivity index (χ3n) is 5.28. The molecule has 1 saturated carbocycles. The van der Waals surface area contributed by atoms with Gasteiger partial charge in [0.15, 0.2) is 0 Å². The van der Waals surface area contributed by atoms with Crippen LogP contribution in [0.5, 0.6) is 5.75 Å². The van der Waals surface area contributed by atoms with Crippen LogP contribution in [0.3, 0.4) is 0 Å². The van der Waals surface area contributed by atoms with Gasteiger partial charge in [0.05, 0.1) is 0 Å². The maximum atomic E-state index is 11.3. The monoisotopic (exact) mass is 376 g/mol. The first kappa shape index (κ1) is 19.9. The molecule has 28 heavy (non-hydrogen) atoms. The van der Waals surface area contributed by atoms with E-state index in [0.717, 1.165) is 35.1 Å². The molecule has 2 aromatic carbocycles. The van der Waals surface area contributed by atoms with E-state index in [0.29, 0.717) is 0 Å². The Morgan fingerprint density at radius 3 is 1.79 bits per heavy atom. The number of hydrogen-bond donors (Lipinski definition) is 2. The Kier molecular flexibility index (Phi) is 5.73. The second kappa shape index (κ2) is 8.05. The molecule has 1 aliphatic carbocycles. The van der Waals surface area contributed by atoms with Gasteiger partial charge in [-0.1, -0.05) is 62.7 Å². The Balaban J connectivity index is 2.05. The van der Waals surface area contributed by atoms with Crippen LogP contribution in [0.15, 0.2) is 60.2 Å². The molecule has 146 valence electrons. The van der Waals surface area contributed by atoms with E-state index < -0.39 is 5.97 Å². The van der Waals surface area contributed by atoms with Crippen molar-refractivity contribution in [1.82, 2.24) is 0 Å². The van der Waals surface area contributed by atoms with Crippen molar-refractivity contribution in [2.45, 2.75) is 46.5 Å². The van der Waals surface area contributed by atoms with E-state index >= 15 is 0 Å². The predicted molar refractivity (Wildman–Crippen MR) is 114 cm³/mol. The molecule has 0 radical (unpaired) electrons. The Labute approximate surface area is 167 Å². The van der Waals surface area contributed by atoms with Crippen LogP contribution in [0.4, 0.5) is 0 Å². The average molecular weight is 376 g/mol. The zero-order valence-corrected chi connectivity index (χ0v) is 16.8. The fourth-order valence-corrected chi connectivity index (χ4v) is 3.93. The Hall–Kier alpha value is -2.81. The number of carbonyl (C=O) groups is 1. The maximum absolute atomic E-state index is 11.3. The van der Waals surface area contributed by atoms with Crippen LogP contribution in [-0.2, 0) is 4.79 Å². The van der Waals surface area contributed by atoms with Crippen LogP contribution in [0.1, 0.15) is 63.1 Å². The number of aromatic hydroxyl groups is 1. The molecular formula is C25H28O3. The van der Waals surface area contributed by atoms with Gasteiger partial charge in [0, 0.05) is 6.08 Å². The van der Waals surface area contributed by atoms with E-state index in [1.807, 2.05) is 45.0 Å². The fraction of sp³-hybridized carbons (Fsp3) is 0.320. The molecule has 0 atom stereocenters. The third-order valence-corrected chi connectivity index (χ3v) is 5.28. The number of carboxylic acids is 1. The summed E-state index contributed by atoms with van der Waals surface area (Å²) < 4.78 is 0. The van der Waals surface area contributed by atoms with Crippen molar-refractivity contribution in [3.63, 3.8) is 0 Å². The molecule has 2 N–H and O–H groups in total. The molecule has 0 saturated heterocycles. The summed E-state index contributed by atoms with van der Waals surface area (Å²) >= 11 is 0. The molecule has 0 unspecified atom stereocenters. The van der Waals surface area contributed by atoms with Gasteiger partial charge < -0.3 is 10.2 Å². The summed E-state index contributed by atoms with van der Waals surface area (Å²) in [6, 6.07) is 15.6. The highest BCUT2D eigenvalue weighted by Crippen LogP contribution is 2.38. The van der Waals surface area contributed by atoms with Crippen molar-refractivity contribution in [3.05, 3.63) is 76.9 Å². The van der Waals surface area contributed by atoms with Gasteiger partial charge in [-0.3, -0.25) is 0 Å². The minimum absolute atomic E-state index is 0.260. The van der Waals surface area contributed by atoms with E-state index in [1.54, 1.807) is 12.1 Å². The number of aliphatic carboxylic acids is 1. The van der Waals surface area contributed by atoms with Gasteiger partial charge in [-0.25, -0.2) is 4.79 Å². The SMILES string of the molecule is CC(C)(C)/C(=C\C(=O)O)c1ccc(C(=C2CCCC2)c2ccc(O)cc2)cc1. The summed E-state index contributed by atoms with van der Waals surface area (Å²) in [5.41, 5.74) is 6.42. The first-order valence-corrected chi connectivity index (χ1v) is 9.83. The smallest absolute Gasteiger partial charge is 0.328 e. The van der Waals surface area contributed by atoms with Crippen LogP contribution in [0.2, 0.25) is 0 Å². The van der Waals surface area contributed by atoms with Crippen molar-refractivity contribution >= 4 is 17.1 Å². The fourth-order valence-electron chi connectivity index (χ4n) is 3.93. The average Bonchev–Trinajstić information content (AvgIpc) is 3.15. The first-order chi connectivity index (χ1) is 13.3. The zero-order chi connectivity index (χ0) is 20.3. The largest absolute Gasteiger partial charge is 0.508 e. The van der Waals surface area contributed by atoms with Crippen LogP contribution in [0, 0.1) is 5.41 Å². The molecule has 0 aliphatic heterocycles. The quantitative estimate of drug-likeness (QED) is 0.617. The van der Waals surface area contributed by atoms with Crippen molar-refractivity contribution in [2.24, 2.45) is 5.41 Å². The lowest BCUT2D eigenvalue weighted by molar-refractivity contribution is -0.131. The molecule has 3 rings (SSSR count). The molecule has 0 spiro atoms. The molecule has 2 aromatic rings. The van der Waals surface area contributed by atoms with Gasteiger partial charge in [-0.2, -0.15) is 0 Å². The van der Waals surface area contributed by atoms with Crippen molar-refractivity contribution < 1.29 is 15.0 Å². The number of carboxylic acid groups (broad SMARTS) is 1. The lowest BCUT2D eigenvalue weighted by Gasteiger charge is -2.23. The summed E-state index contributed by atoms with van der Waals surface area (Å²) in [6.45, 7) is 6.08. The van der Waals surface area contributed by atoms with E-state index in [2.05, 4.69) is 12.1 Å². The van der Waals surface area contributed by atoms with Gasteiger partial charge in [-0.05, 0) is 71.1 Å². The highest BCUT2D eigenvalue weighted by Gasteiger charge is 2.21. The normalized spacial score (nSPS) is 15.0. The van der Waals surface area contributed by atoms with E-state index in [-0.39, 0.29) is 11.2 Å². The molecular weight excluding hydrogens is 348 g/mol. The molecule has 1 fully saturated rings. The molecule has 0 aromatic heterocycles. The minimum atomic E-state index is -0.924. The van der Waals surface area contributed by atoms with Gasteiger partial charge in [-0.15, -0.1) is 0 Å². The summed E-state index contributed by atoms with van der Waals surface area (Å²) in [5.74, 6) is -0.657. The third kappa shape index (κ3) is 4.53. The van der Waals surface area contributed by atoms with E-state index in [1.165, 1.54) is 30.1 Å². The zero-order valence-electron chi connectivity index (χ0n) is 16.8. The van der Waals surface area contributed by atoms with E-state index in [9.17, 15) is 15.0 Å². The standard InChI is InChI=1S/C25H28O3/c1-25(2,3)22(16-23(27)28)17-8-10-19(11-9-17)24(18-6-4-5-7-18)20-12-14-21(26)15-13-20/h8-16,26H,4-7H2,1-3H3,(H,27,28)/b22-16-. The van der Waals surface area contributed by atoms with Crippen LogP contribution < -0.4 is 0 Å².